The molecule has 0 spiro atoms. The summed E-state index contributed by atoms with van der Waals surface area (Å²) in [6, 6.07) is 2.38. The molecule has 0 aromatic heterocycles. The van der Waals surface area contributed by atoms with Crippen molar-refractivity contribution in [1.29, 1.82) is 0 Å². The van der Waals surface area contributed by atoms with E-state index in [0.29, 0.717) is 29.5 Å². The maximum atomic E-state index is 12.9. The van der Waals surface area contributed by atoms with Gasteiger partial charge in [0.15, 0.2) is 0 Å². The molecule has 0 bridgehead atoms. The first-order chi connectivity index (χ1) is 7.54. The Morgan fingerprint density at radius 3 is 2.81 bits per heavy atom. The Morgan fingerprint density at radius 2 is 2.25 bits per heavy atom. The van der Waals surface area contributed by atoms with Gasteiger partial charge in [0.05, 0.1) is 10.7 Å². The van der Waals surface area contributed by atoms with Crippen molar-refractivity contribution in [2.45, 2.75) is 12.8 Å². The van der Waals surface area contributed by atoms with Gasteiger partial charge >= 0.3 is 0 Å². The van der Waals surface area contributed by atoms with Crippen molar-refractivity contribution >= 4 is 39.1 Å². The van der Waals surface area contributed by atoms with E-state index in [1.807, 2.05) is 0 Å². The number of benzene rings is 1. The van der Waals surface area contributed by atoms with E-state index in [2.05, 4.69) is 21.2 Å². The maximum absolute atomic E-state index is 12.9. The van der Waals surface area contributed by atoms with E-state index < -0.39 is 5.82 Å². The number of hydrogen-bond acceptors (Lipinski definition) is 2. The lowest BCUT2D eigenvalue weighted by atomic mass is 10.2. The number of anilines is 1. The van der Waals surface area contributed by atoms with Crippen molar-refractivity contribution in [3.63, 3.8) is 0 Å². The molecule has 1 rings (SSSR count). The average Bonchev–Trinajstić information content (AvgIpc) is 2.20. The van der Waals surface area contributed by atoms with E-state index >= 15 is 0 Å². The summed E-state index contributed by atoms with van der Waals surface area (Å²) in [4.78, 5) is 11.4. The van der Waals surface area contributed by atoms with Gasteiger partial charge in [0.1, 0.15) is 5.82 Å². The molecule has 0 aliphatic heterocycles. The predicted molar refractivity (Wildman–Crippen MR) is 66.0 cm³/mol. The Bertz CT molecular complexity index is 377. The minimum absolute atomic E-state index is 0.160. The summed E-state index contributed by atoms with van der Waals surface area (Å²) >= 11 is 8.93. The number of carbonyl (C=O) groups excluding carboxylic acids is 1. The van der Waals surface area contributed by atoms with Crippen LogP contribution in [0.15, 0.2) is 16.6 Å². The fraction of sp³-hybridized carbons (Fsp3) is 0.300. The van der Waals surface area contributed by atoms with Crippen LogP contribution in [-0.4, -0.2) is 12.5 Å². The number of halogens is 3. The number of nitrogens with two attached hydrogens (primary N) is 1. The van der Waals surface area contributed by atoms with Gasteiger partial charge in [-0.05, 0) is 41.0 Å². The predicted octanol–water partition coefficient (Wildman–Crippen LogP) is 2.92. The second-order valence-electron chi connectivity index (χ2n) is 3.18. The summed E-state index contributed by atoms with van der Waals surface area (Å²) in [5.74, 6) is -0.656. The van der Waals surface area contributed by atoms with Crippen LogP contribution in [0.4, 0.5) is 10.1 Å². The second kappa shape index (κ2) is 6.18. The molecule has 0 unspecified atom stereocenters. The third-order valence-corrected chi connectivity index (χ3v) is 2.80. The third-order valence-electron chi connectivity index (χ3n) is 1.88. The monoisotopic (exact) mass is 308 g/mol. The van der Waals surface area contributed by atoms with Crippen molar-refractivity contribution in [3.05, 3.63) is 27.4 Å². The van der Waals surface area contributed by atoms with Crippen LogP contribution < -0.4 is 11.1 Å². The Kier molecular flexibility index (Phi) is 5.18. The molecule has 0 fully saturated rings. The van der Waals surface area contributed by atoms with Crippen LogP contribution in [0.3, 0.4) is 0 Å². The zero-order valence-corrected chi connectivity index (χ0v) is 10.7. The van der Waals surface area contributed by atoms with E-state index in [0.717, 1.165) is 6.07 Å². The molecule has 1 aromatic rings. The van der Waals surface area contributed by atoms with Crippen molar-refractivity contribution < 1.29 is 9.18 Å². The molecule has 0 saturated carbocycles. The number of amides is 1. The van der Waals surface area contributed by atoms with Crippen LogP contribution in [0.1, 0.15) is 12.8 Å². The van der Waals surface area contributed by atoms with Gasteiger partial charge in [-0.25, -0.2) is 4.39 Å². The summed E-state index contributed by atoms with van der Waals surface area (Å²) in [6.45, 7) is 0.450. The number of nitrogens with one attached hydrogen (secondary N) is 1. The van der Waals surface area contributed by atoms with Crippen LogP contribution in [0, 0.1) is 5.82 Å². The fourth-order valence-electron chi connectivity index (χ4n) is 1.13. The molecule has 1 aromatic carbocycles. The van der Waals surface area contributed by atoms with E-state index in [-0.39, 0.29) is 10.9 Å². The smallest absolute Gasteiger partial charge is 0.224 e. The van der Waals surface area contributed by atoms with Crippen molar-refractivity contribution in [3.8, 4) is 0 Å². The molecule has 3 N–H and O–H groups in total. The highest BCUT2D eigenvalue weighted by Gasteiger charge is 2.10. The van der Waals surface area contributed by atoms with Crippen LogP contribution in [-0.2, 0) is 4.79 Å². The molecular weight excluding hydrogens is 298 g/mol. The molecular formula is C10H11BrClFN2O. The molecule has 16 heavy (non-hydrogen) atoms. The summed E-state index contributed by atoms with van der Waals surface area (Å²) in [6.07, 6.45) is 0.916. The van der Waals surface area contributed by atoms with E-state index in [1.165, 1.54) is 6.07 Å². The van der Waals surface area contributed by atoms with Crippen molar-refractivity contribution in [2.75, 3.05) is 11.9 Å². The largest absolute Gasteiger partial charge is 0.330 e. The van der Waals surface area contributed by atoms with Crippen molar-refractivity contribution in [1.82, 2.24) is 0 Å². The first kappa shape index (κ1) is 13.4. The molecule has 0 saturated heterocycles. The van der Waals surface area contributed by atoms with Crippen LogP contribution in [0.2, 0.25) is 5.02 Å². The van der Waals surface area contributed by atoms with Crippen LogP contribution >= 0.6 is 27.5 Å². The fourth-order valence-corrected chi connectivity index (χ4v) is 2.02. The number of rotatable bonds is 4. The van der Waals surface area contributed by atoms with E-state index in [4.69, 9.17) is 17.3 Å². The summed E-state index contributed by atoms with van der Waals surface area (Å²) in [5, 5.41) is 2.76. The molecule has 6 heteroatoms. The number of hydrogen-bond donors (Lipinski definition) is 2. The van der Waals surface area contributed by atoms with Gasteiger partial charge in [0.2, 0.25) is 5.91 Å². The third kappa shape index (κ3) is 3.73. The Morgan fingerprint density at radius 1 is 1.56 bits per heavy atom. The first-order valence-corrected chi connectivity index (χ1v) is 5.86. The lowest BCUT2D eigenvalue weighted by Crippen LogP contribution is -2.14. The lowest BCUT2D eigenvalue weighted by molar-refractivity contribution is -0.116. The molecule has 0 aliphatic carbocycles. The second-order valence-corrected chi connectivity index (χ2v) is 4.45. The average molecular weight is 310 g/mol. The highest BCUT2D eigenvalue weighted by Crippen LogP contribution is 2.31. The van der Waals surface area contributed by atoms with Gasteiger partial charge in [-0.15, -0.1) is 0 Å². The van der Waals surface area contributed by atoms with Gasteiger partial charge in [0.25, 0.3) is 0 Å². The minimum atomic E-state index is -0.461. The molecule has 3 nitrogen and oxygen atoms in total. The van der Waals surface area contributed by atoms with Crippen molar-refractivity contribution in [2.24, 2.45) is 5.73 Å². The van der Waals surface area contributed by atoms with Gasteiger partial charge in [0, 0.05) is 10.9 Å². The molecule has 0 heterocycles. The highest BCUT2D eigenvalue weighted by molar-refractivity contribution is 9.10. The molecule has 88 valence electrons. The zero-order chi connectivity index (χ0) is 12.1. The van der Waals surface area contributed by atoms with Crippen LogP contribution in [0.5, 0.6) is 0 Å². The molecule has 1 amide bonds. The minimum Gasteiger partial charge on any atom is -0.330 e. The first-order valence-electron chi connectivity index (χ1n) is 4.69. The Labute approximate surface area is 106 Å². The maximum Gasteiger partial charge on any atom is 0.224 e. The zero-order valence-electron chi connectivity index (χ0n) is 8.40. The summed E-state index contributed by atoms with van der Waals surface area (Å²) < 4.78 is 13.3. The standard InChI is InChI=1S/C10H11BrClFN2O/c11-7-4-6(13)5-8(12)10(7)15-9(16)2-1-3-14/h4-5H,1-3,14H2,(H,15,16). The lowest BCUT2D eigenvalue weighted by Gasteiger charge is -2.09. The Balaban J connectivity index is 2.77. The molecule has 0 aliphatic rings. The SMILES string of the molecule is NCCCC(=O)Nc1c(Cl)cc(F)cc1Br. The van der Waals surface area contributed by atoms with Crippen LogP contribution in [0.25, 0.3) is 0 Å². The van der Waals surface area contributed by atoms with E-state index in [1.54, 1.807) is 0 Å². The topological polar surface area (TPSA) is 55.1 Å². The number of carbonyl (C=O) groups is 1. The van der Waals surface area contributed by atoms with E-state index in [9.17, 15) is 9.18 Å². The summed E-state index contributed by atoms with van der Waals surface area (Å²) in [7, 11) is 0. The molecule has 0 radical (unpaired) electrons. The molecule has 0 atom stereocenters. The van der Waals surface area contributed by atoms with Gasteiger partial charge in [-0.3, -0.25) is 4.79 Å². The van der Waals surface area contributed by atoms with Gasteiger partial charge < -0.3 is 11.1 Å². The van der Waals surface area contributed by atoms with Gasteiger partial charge in [-0.2, -0.15) is 0 Å². The highest BCUT2D eigenvalue weighted by atomic mass is 79.9. The Hall–Kier alpha value is -0.650. The quantitative estimate of drug-likeness (QED) is 0.898. The van der Waals surface area contributed by atoms with Gasteiger partial charge in [-0.1, -0.05) is 11.6 Å². The summed E-state index contributed by atoms with van der Waals surface area (Å²) in [5.41, 5.74) is 5.66. The normalized spacial score (nSPS) is 10.2.